The molecule has 0 bridgehead atoms. The molecule has 0 radical (unpaired) electrons. The minimum absolute atomic E-state index is 0.0163. The van der Waals surface area contributed by atoms with Crippen LogP contribution in [0, 0.1) is 0 Å². The summed E-state index contributed by atoms with van der Waals surface area (Å²) in [5.74, 6) is 2.53. The largest absolute Gasteiger partial charge is 0.454 e. The van der Waals surface area contributed by atoms with Crippen LogP contribution in [0.1, 0.15) is 28.4 Å². The quantitative estimate of drug-likeness (QED) is 0.415. The number of hydrogen-bond acceptors (Lipinski definition) is 11. The molecule has 0 fully saturated rings. The highest BCUT2D eigenvalue weighted by Crippen LogP contribution is 2.38. The summed E-state index contributed by atoms with van der Waals surface area (Å²) < 4.78 is 16.7. The molecule has 0 unspecified atom stereocenters. The number of rotatable bonds is 5. The van der Waals surface area contributed by atoms with Crippen molar-refractivity contribution in [2.24, 2.45) is 0 Å². The van der Waals surface area contributed by atoms with Crippen molar-refractivity contribution in [1.82, 2.24) is 40.5 Å². The van der Waals surface area contributed by atoms with Crippen molar-refractivity contribution in [3.63, 3.8) is 0 Å². The molecule has 182 valence electrons. The van der Waals surface area contributed by atoms with Gasteiger partial charge in [-0.3, -0.25) is 4.79 Å². The predicted molar refractivity (Wildman–Crippen MR) is 122 cm³/mol. The Hall–Kier alpha value is -4.55. The molecule has 0 atom stereocenters. The molecule has 2 aliphatic heterocycles. The first-order valence-electron chi connectivity index (χ1n) is 11.7. The van der Waals surface area contributed by atoms with Crippen LogP contribution in [0.25, 0.3) is 11.5 Å². The Kier molecular flexibility index (Phi) is 4.79. The second kappa shape index (κ2) is 8.29. The summed E-state index contributed by atoms with van der Waals surface area (Å²) in [4.78, 5) is 23.2. The highest BCUT2D eigenvalue weighted by molar-refractivity contribution is 5.78. The van der Waals surface area contributed by atoms with Gasteiger partial charge in [-0.2, -0.15) is 15.4 Å². The van der Waals surface area contributed by atoms with Crippen LogP contribution in [0.3, 0.4) is 0 Å². The molecule has 36 heavy (non-hydrogen) atoms. The van der Waals surface area contributed by atoms with Crippen molar-refractivity contribution in [2.75, 3.05) is 18.7 Å². The normalized spacial score (nSPS) is 16.2. The lowest BCUT2D eigenvalue weighted by Gasteiger charge is -2.24. The summed E-state index contributed by atoms with van der Waals surface area (Å²) in [5, 5.41) is 22.3. The number of nitrogens with zero attached hydrogens (tertiary/aromatic N) is 7. The van der Waals surface area contributed by atoms with Crippen LogP contribution >= 0.6 is 0 Å². The monoisotopic (exact) mass is 487 g/mol. The molecule has 1 aliphatic carbocycles. The van der Waals surface area contributed by atoms with Crippen LogP contribution in [0.15, 0.2) is 28.9 Å². The minimum Gasteiger partial charge on any atom is -0.454 e. The van der Waals surface area contributed by atoms with E-state index in [2.05, 4.69) is 53.0 Å². The number of fused-ring (bicyclic) bond motifs is 3. The second-order valence-electron chi connectivity index (χ2n) is 8.98. The molecule has 4 aromatic rings. The van der Waals surface area contributed by atoms with E-state index in [4.69, 9.17) is 13.9 Å². The third-order valence-electron chi connectivity index (χ3n) is 6.64. The minimum atomic E-state index is -0.101. The maximum atomic E-state index is 12.7. The third-order valence-corrected chi connectivity index (χ3v) is 6.64. The molecule has 3 aliphatic rings. The zero-order valence-corrected chi connectivity index (χ0v) is 19.1. The summed E-state index contributed by atoms with van der Waals surface area (Å²) in [6, 6.07) is 4.29. The van der Waals surface area contributed by atoms with Crippen LogP contribution in [-0.2, 0) is 37.0 Å². The zero-order chi connectivity index (χ0) is 24.1. The summed E-state index contributed by atoms with van der Waals surface area (Å²) in [5.41, 5.74) is 4.76. The fourth-order valence-corrected chi connectivity index (χ4v) is 4.80. The number of carbonyl (C=O) groups is 1. The lowest BCUT2D eigenvalue weighted by molar-refractivity contribution is -0.131. The van der Waals surface area contributed by atoms with Gasteiger partial charge >= 0.3 is 0 Å². The Morgan fingerprint density at radius 3 is 2.58 bits per heavy atom. The van der Waals surface area contributed by atoms with Gasteiger partial charge in [-0.1, -0.05) is 0 Å². The topological polar surface area (TPSA) is 157 Å². The number of aromatic nitrogens is 7. The van der Waals surface area contributed by atoms with Gasteiger partial charge in [0, 0.05) is 31.4 Å². The van der Waals surface area contributed by atoms with Gasteiger partial charge in [0.15, 0.2) is 11.5 Å². The average Bonchev–Trinajstić information content (AvgIpc) is 3.68. The summed E-state index contributed by atoms with van der Waals surface area (Å²) in [7, 11) is 0. The van der Waals surface area contributed by atoms with Gasteiger partial charge in [-0.05, 0) is 36.1 Å². The van der Waals surface area contributed by atoms with Crippen LogP contribution in [0.5, 0.6) is 11.5 Å². The summed E-state index contributed by atoms with van der Waals surface area (Å²) in [6.45, 7) is 1.28. The van der Waals surface area contributed by atoms with Crippen molar-refractivity contribution in [2.45, 2.75) is 38.3 Å². The molecular weight excluding hydrogens is 466 g/mol. The van der Waals surface area contributed by atoms with Crippen molar-refractivity contribution >= 4 is 11.9 Å². The number of hydrogen-bond donors (Lipinski definition) is 2. The summed E-state index contributed by atoms with van der Waals surface area (Å²) >= 11 is 0. The molecule has 13 heteroatoms. The number of ether oxygens (including phenoxy) is 2. The first kappa shape index (κ1) is 20.8. The molecule has 13 nitrogen and oxygen atoms in total. The van der Waals surface area contributed by atoms with Gasteiger partial charge in [0.1, 0.15) is 12.1 Å². The molecule has 0 saturated heterocycles. The molecule has 2 N–H and O–H groups in total. The van der Waals surface area contributed by atoms with Crippen LogP contribution < -0.4 is 14.8 Å². The lowest BCUT2D eigenvalue weighted by Crippen LogP contribution is -2.37. The Bertz CT molecular complexity index is 1420. The summed E-state index contributed by atoms with van der Waals surface area (Å²) in [6.07, 6.45) is 5.65. The Balaban J connectivity index is 0.970. The van der Waals surface area contributed by atoms with E-state index in [1.54, 1.807) is 17.3 Å². The average molecular weight is 487 g/mol. The van der Waals surface area contributed by atoms with Crippen LogP contribution in [0.4, 0.5) is 5.95 Å². The zero-order valence-electron chi connectivity index (χ0n) is 19.1. The molecule has 1 amide bonds. The van der Waals surface area contributed by atoms with Crippen molar-refractivity contribution in [3.8, 4) is 23.0 Å². The van der Waals surface area contributed by atoms with Gasteiger partial charge in [0.05, 0.1) is 17.8 Å². The maximum Gasteiger partial charge on any atom is 0.250 e. The number of carbonyl (C=O) groups excluding carboxylic acids is 1. The molecular formula is C23H21N9O4. The van der Waals surface area contributed by atoms with Gasteiger partial charge in [0.2, 0.25) is 24.5 Å². The van der Waals surface area contributed by atoms with E-state index in [0.29, 0.717) is 31.0 Å². The molecule has 0 spiro atoms. The fourth-order valence-electron chi connectivity index (χ4n) is 4.80. The van der Waals surface area contributed by atoms with Gasteiger partial charge in [-0.15, -0.1) is 10.2 Å². The third kappa shape index (κ3) is 3.78. The van der Waals surface area contributed by atoms with E-state index in [9.17, 15) is 4.79 Å². The van der Waals surface area contributed by atoms with Crippen molar-refractivity contribution < 1.29 is 18.7 Å². The predicted octanol–water partition coefficient (Wildman–Crippen LogP) is 1.08. The fraction of sp³-hybridized carbons (Fsp3) is 0.348. The van der Waals surface area contributed by atoms with E-state index in [1.165, 1.54) is 11.1 Å². The molecule has 0 saturated carbocycles. The Morgan fingerprint density at radius 2 is 1.81 bits per heavy atom. The van der Waals surface area contributed by atoms with E-state index in [1.807, 2.05) is 0 Å². The molecule has 3 aromatic heterocycles. The van der Waals surface area contributed by atoms with E-state index >= 15 is 0 Å². The molecule has 7 rings (SSSR count). The number of aromatic amines is 1. The second-order valence-corrected chi connectivity index (χ2v) is 8.98. The van der Waals surface area contributed by atoms with Gasteiger partial charge in [0.25, 0.3) is 5.89 Å². The number of amides is 1. The number of anilines is 1. The highest BCUT2D eigenvalue weighted by Gasteiger charge is 2.27. The lowest BCUT2D eigenvalue weighted by atomic mass is 10.1. The molecule has 1 aromatic carbocycles. The number of H-pyrrole nitrogens is 1. The van der Waals surface area contributed by atoms with E-state index in [0.717, 1.165) is 35.7 Å². The van der Waals surface area contributed by atoms with Gasteiger partial charge in [-0.25, -0.2) is 9.97 Å². The smallest absolute Gasteiger partial charge is 0.250 e. The Labute approximate surface area is 204 Å². The van der Waals surface area contributed by atoms with Crippen molar-refractivity contribution in [1.29, 1.82) is 0 Å². The van der Waals surface area contributed by atoms with E-state index < -0.39 is 0 Å². The standard InChI is InChI=1S/C23H21N9O4/c33-21(32-2-1-16-17(10-32)28-31-27-16)7-20-29-30-22(36-20)14-8-24-23(25-9-14)26-15-3-12-5-18-19(35-11-34-18)6-13(12)4-15/h5-6,8-9,15H,1-4,7,10-11H2,(H,24,25,26)(H,27,28,31). The maximum absolute atomic E-state index is 12.7. The number of nitrogens with one attached hydrogen (secondary N) is 2. The SMILES string of the molecule is O=C(Cc1nnc(-c2cnc(NC3Cc4cc5c(cc4C3)OCO5)nc2)o1)N1CCc2n[nH]nc2C1. The first-order chi connectivity index (χ1) is 17.7. The van der Waals surface area contributed by atoms with E-state index in [-0.39, 0.29) is 36.9 Å². The van der Waals surface area contributed by atoms with Gasteiger partial charge < -0.3 is 24.1 Å². The van der Waals surface area contributed by atoms with Crippen molar-refractivity contribution in [3.05, 3.63) is 52.9 Å². The van der Waals surface area contributed by atoms with Crippen LogP contribution in [0.2, 0.25) is 0 Å². The Morgan fingerprint density at radius 1 is 1.06 bits per heavy atom. The highest BCUT2D eigenvalue weighted by atomic mass is 16.7. The molecule has 5 heterocycles. The first-order valence-corrected chi connectivity index (χ1v) is 11.7. The van der Waals surface area contributed by atoms with Crippen LogP contribution in [-0.4, -0.2) is 65.8 Å². The number of benzene rings is 1.